The molecule has 0 spiro atoms. The van der Waals surface area contributed by atoms with Crippen LogP contribution in [0.5, 0.6) is 5.75 Å². The number of anilines is 2. The van der Waals surface area contributed by atoms with E-state index in [1.807, 2.05) is 61.6 Å². The molecule has 3 aromatic carbocycles. The summed E-state index contributed by atoms with van der Waals surface area (Å²) in [7, 11) is 1.96. The predicted molar refractivity (Wildman–Crippen MR) is 119 cm³/mol. The zero-order chi connectivity index (χ0) is 20.9. The highest BCUT2D eigenvalue weighted by Crippen LogP contribution is 2.26. The molecule has 156 valence electrons. The number of aromatic hydroxyl groups is 1. The number of rotatable bonds is 6. The molecule has 3 N–H and O–H groups in total. The minimum Gasteiger partial charge on any atom is -0.507 e. The molecule has 0 saturated carbocycles. The van der Waals surface area contributed by atoms with Gasteiger partial charge in [-0.25, -0.2) is 0 Å². The second-order valence-electron chi connectivity index (χ2n) is 7.79. The zero-order valence-corrected chi connectivity index (χ0v) is 17.2. The second kappa shape index (κ2) is 9.15. The van der Waals surface area contributed by atoms with Gasteiger partial charge in [-0.05, 0) is 41.1 Å². The first-order chi connectivity index (χ1) is 14.6. The van der Waals surface area contributed by atoms with E-state index in [1.165, 1.54) is 0 Å². The average Bonchev–Trinajstić information content (AvgIpc) is 2.77. The minimum absolute atomic E-state index is 0.0497. The van der Waals surface area contributed by atoms with Gasteiger partial charge in [-0.15, -0.1) is 0 Å². The smallest absolute Gasteiger partial charge is 0.279 e. The molecule has 1 atom stereocenters. The molecule has 6 nitrogen and oxygen atoms in total. The van der Waals surface area contributed by atoms with Gasteiger partial charge in [0.1, 0.15) is 12.3 Å². The van der Waals surface area contributed by atoms with Crippen LogP contribution in [0.3, 0.4) is 0 Å². The number of amides is 1. The number of carbonyl (C=O) groups excluding carboxylic acids is 1. The van der Waals surface area contributed by atoms with Gasteiger partial charge in [-0.3, -0.25) is 4.79 Å². The minimum atomic E-state index is -0.0497. The largest absolute Gasteiger partial charge is 0.507 e. The summed E-state index contributed by atoms with van der Waals surface area (Å²) in [6, 6.07) is 19.6. The first-order valence-electron chi connectivity index (χ1n) is 10.3. The van der Waals surface area contributed by atoms with Gasteiger partial charge in [-0.2, -0.15) is 0 Å². The van der Waals surface area contributed by atoms with Crippen molar-refractivity contribution >= 4 is 28.1 Å². The van der Waals surface area contributed by atoms with Crippen molar-refractivity contribution in [1.82, 2.24) is 0 Å². The fourth-order valence-electron chi connectivity index (χ4n) is 3.93. The highest BCUT2D eigenvalue weighted by atomic mass is 16.5. The maximum atomic E-state index is 12.5. The number of phenolic OH excluding ortho intramolecular Hbond substituents is 1. The van der Waals surface area contributed by atoms with Gasteiger partial charge in [-0.1, -0.05) is 30.3 Å². The maximum Gasteiger partial charge on any atom is 0.279 e. The summed E-state index contributed by atoms with van der Waals surface area (Å²) in [5.74, 6) is 0.221. The quantitative estimate of drug-likeness (QED) is 0.586. The van der Waals surface area contributed by atoms with Crippen LogP contribution in [-0.2, 0) is 16.1 Å². The summed E-state index contributed by atoms with van der Waals surface area (Å²) in [6.45, 7) is 4.16. The number of benzene rings is 3. The van der Waals surface area contributed by atoms with Crippen LogP contribution >= 0.6 is 0 Å². The molecule has 3 aromatic rings. The average molecular weight is 407 g/mol. The number of hydrogen-bond donors (Lipinski definition) is 3. The summed E-state index contributed by atoms with van der Waals surface area (Å²) in [6.07, 6.45) is 0. The molecule has 1 aliphatic heterocycles. The lowest BCUT2D eigenvalue weighted by atomic mass is 10.0. The Morgan fingerprint density at radius 2 is 1.80 bits per heavy atom. The van der Waals surface area contributed by atoms with Crippen LogP contribution in [0.2, 0.25) is 0 Å². The Hall–Kier alpha value is -3.09. The van der Waals surface area contributed by atoms with E-state index in [2.05, 4.69) is 10.2 Å². The number of hydrogen-bond acceptors (Lipinski definition) is 4. The summed E-state index contributed by atoms with van der Waals surface area (Å²) in [5, 5.41) is 15.4. The molecule has 4 rings (SSSR count). The summed E-state index contributed by atoms with van der Waals surface area (Å²) >= 11 is 0. The highest BCUT2D eigenvalue weighted by Gasteiger charge is 2.16. The van der Waals surface area contributed by atoms with Crippen molar-refractivity contribution in [3.05, 3.63) is 66.2 Å². The maximum absolute atomic E-state index is 12.5. The molecule has 1 fully saturated rings. The Morgan fingerprint density at radius 3 is 2.57 bits per heavy atom. The molecule has 1 aliphatic rings. The molecule has 30 heavy (non-hydrogen) atoms. The van der Waals surface area contributed by atoms with Gasteiger partial charge < -0.3 is 25.0 Å². The molecule has 6 heteroatoms. The van der Waals surface area contributed by atoms with E-state index in [-0.39, 0.29) is 11.7 Å². The summed E-state index contributed by atoms with van der Waals surface area (Å²) in [5.41, 5.74) is 2.80. The van der Waals surface area contributed by atoms with Crippen LogP contribution in [0, 0.1) is 0 Å². The summed E-state index contributed by atoms with van der Waals surface area (Å²) < 4.78 is 5.39. The lowest BCUT2D eigenvalue weighted by Gasteiger charge is -2.28. The molecule has 0 radical (unpaired) electrons. The van der Waals surface area contributed by atoms with E-state index >= 15 is 0 Å². The Balaban J connectivity index is 1.36. The van der Waals surface area contributed by atoms with Gasteiger partial charge in [0.25, 0.3) is 5.91 Å². The van der Waals surface area contributed by atoms with Gasteiger partial charge in [0.05, 0.1) is 25.8 Å². The first-order valence-corrected chi connectivity index (χ1v) is 10.3. The van der Waals surface area contributed by atoms with Crippen LogP contribution < -0.4 is 15.1 Å². The number of fused-ring (bicyclic) bond motifs is 1. The third-order valence-corrected chi connectivity index (χ3v) is 5.48. The Morgan fingerprint density at radius 1 is 1.07 bits per heavy atom. The first kappa shape index (κ1) is 20.2. The van der Waals surface area contributed by atoms with Crippen molar-refractivity contribution < 1.29 is 19.5 Å². The van der Waals surface area contributed by atoms with Crippen molar-refractivity contribution in [1.29, 1.82) is 0 Å². The number of likely N-dealkylation sites (N-methyl/N-ethyl adjacent to an activating group) is 1. The zero-order valence-electron chi connectivity index (χ0n) is 17.2. The summed E-state index contributed by atoms with van der Waals surface area (Å²) in [4.78, 5) is 15.8. The van der Waals surface area contributed by atoms with E-state index in [9.17, 15) is 9.90 Å². The number of nitrogens with one attached hydrogen (secondary N) is 2. The van der Waals surface area contributed by atoms with Crippen molar-refractivity contribution in [2.45, 2.75) is 6.54 Å². The van der Waals surface area contributed by atoms with E-state index in [4.69, 9.17) is 4.74 Å². The number of phenols is 1. The van der Waals surface area contributed by atoms with Crippen LogP contribution in [0.15, 0.2) is 60.7 Å². The number of morpholine rings is 1. The molecule has 0 bridgehead atoms. The SMILES string of the molecule is C[NH+](CC(=O)Nc1ccc(N2CCOCC2)cc1)Cc1c(O)ccc2ccccc12. The van der Waals surface area contributed by atoms with Crippen LogP contribution in [0.1, 0.15) is 5.56 Å². The van der Waals surface area contributed by atoms with Gasteiger partial charge in [0.15, 0.2) is 6.54 Å². The monoisotopic (exact) mass is 406 g/mol. The van der Waals surface area contributed by atoms with Crippen molar-refractivity contribution in [2.75, 3.05) is 50.1 Å². The van der Waals surface area contributed by atoms with Gasteiger partial charge in [0.2, 0.25) is 0 Å². The second-order valence-corrected chi connectivity index (χ2v) is 7.79. The van der Waals surface area contributed by atoms with Crippen LogP contribution in [0.25, 0.3) is 10.8 Å². The lowest BCUT2D eigenvalue weighted by molar-refractivity contribution is -0.885. The van der Waals surface area contributed by atoms with E-state index < -0.39 is 0 Å². The van der Waals surface area contributed by atoms with Crippen LogP contribution in [0.4, 0.5) is 11.4 Å². The molecule has 1 unspecified atom stereocenters. The number of quaternary nitrogens is 1. The van der Waals surface area contributed by atoms with Crippen molar-refractivity contribution in [3.63, 3.8) is 0 Å². The number of carbonyl (C=O) groups is 1. The Labute approximate surface area is 176 Å². The van der Waals surface area contributed by atoms with Crippen molar-refractivity contribution in [2.24, 2.45) is 0 Å². The molecule has 1 amide bonds. The normalized spacial score (nSPS) is 15.2. The fourth-order valence-corrected chi connectivity index (χ4v) is 3.93. The molecule has 0 aromatic heterocycles. The molecular formula is C24H28N3O3+. The van der Waals surface area contributed by atoms with Gasteiger partial charge in [0, 0.05) is 24.5 Å². The van der Waals surface area contributed by atoms with E-state index in [0.29, 0.717) is 13.1 Å². The fraction of sp³-hybridized carbons (Fsp3) is 0.292. The highest BCUT2D eigenvalue weighted by molar-refractivity contribution is 5.91. The molecule has 1 saturated heterocycles. The predicted octanol–water partition coefficient (Wildman–Crippen LogP) is 2.04. The van der Waals surface area contributed by atoms with E-state index in [0.717, 1.165) is 58.9 Å². The van der Waals surface area contributed by atoms with Gasteiger partial charge >= 0.3 is 0 Å². The van der Waals surface area contributed by atoms with Crippen molar-refractivity contribution in [3.8, 4) is 5.75 Å². The number of nitrogens with zero attached hydrogens (tertiary/aromatic N) is 1. The molecule has 1 heterocycles. The van der Waals surface area contributed by atoms with E-state index in [1.54, 1.807) is 6.07 Å². The third-order valence-electron chi connectivity index (χ3n) is 5.48. The van der Waals surface area contributed by atoms with Crippen LogP contribution in [-0.4, -0.2) is 50.9 Å². The lowest BCUT2D eigenvalue weighted by Crippen LogP contribution is -3.08. The number of ether oxygens (including phenoxy) is 1. The Kier molecular flexibility index (Phi) is 6.16. The standard InChI is InChI=1S/C24H27N3O3/c1-26(16-22-21-5-3-2-4-18(21)6-11-23(22)28)17-24(29)25-19-7-9-20(10-8-19)27-12-14-30-15-13-27/h2-11,28H,12-17H2,1H3,(H,25,29)/p+1. The topological polar surface area (TPSA) is 66.2 Å². The molecule has 0 aliphatic carbocycles. The molecular weight excluding hydrogens is 378 g/mol. The Bertz CT molecular complexity index is 1010. The third kappa shape index (κ3) is 4.72.